The number of anilines is 1. The highest BCUT2D eigenvalue weighted by Gasteiger charge is 2.52. The number of aromatic nitrogens is 1. The van der Waals surface area contributed by atoms with E-state index in [1.807, 2.05) is 6.92 Å². The van der Waals surface area contributed by atoms with Crippen LogP contribution in [0.25, 0.3) is 0 Å². The van der Waals surface area contributed by atoms with Crippen LogP contribution in [0.2, 0.25) is 0 Å². The number of nitrogens with one attached hydrogen (secondary N) is 1. The summed E-state index contributed by atoms with van der Waals surface area (Å²) in [6.07, 6.45) is 2.88. The van der Waals surface area contributed by atoms with Gasteiger partial charge in [0.25, 0.3) is 0 Å². The van der Waals surface area contributed by atoms with Gasteiger partial charge in [0.15, 0.2) is 0 Å². The van der Waals surface area contributed by atoms with Gasteiger partial charge in [-0.05, 0) is 19.4 Å². The molecule has 0 bridgehead atoms. The minimum Gasteiger partial charge on any atom is -0.481 e. The molecule has 0 spiro atoms. The van der Waals surface area contributed by atoms with Gasteiger partial charge in [0.2, 0.25) is 17.7 Å². The molecule has 2 aliphatic rings. The van der Waals surface area contributed by atoms with Crippen LogP contribution in [0.15, 0.2) is 18.3 Å². The summed E-state index contributed by atoms with van der Waals surface area (Å²) in [7, 11) is 1.54. The van der Waals surface area contributed by atoms with Crippen LogP contribution in [0.1, 0.15) is 19.8 Å². The standard InChI is InChI=1S/C14H17N3O3S/c1-14-6-5-12(18)17(14)10(8-21-14)13(19)16-9-3-4-11(20-2)15-7-9/h3-4,7,10H,5-6,8H2,1-2H3,(H,16,19)/t10-,14-/m1/s1. The van der Waals surface area contributed by atoms with Crippen molar-refractivity contribution in [3.05, 3.63) is 18.3 Å². The summed E-state index contributed by atoms with van der Waals surface area (Å²) in [6, 6.07) is 3.01. The molecule has 2 amide bonds. The first-order chi connectivity index (χ1) is 10.0. The summed E-state index contributed by atoms with van der Waals surface area (Å²) in [5.74, 6) is 1.04. The Bertz CT molecular complexity index is 577. The maximum atomic E-state index is 12.4. The average Bonchev–Trinajstić information content (AvgIpc) is 2.97. The first-order valence-corrected chi connectivity index (χ1v) is 7.79. The van der Waals surface area contributed by atoms with Crippen molar-refractivity contribution in [2.24, 2.45) is 0 Å². The van der Waals surface area contributed by atoms with Gasteiger partial charge >= 0.3 is 0 Å². The largest absolute Gasteiger partial charge is 0.481 e. The van der Waals surface area contributed by atoms with E-state index in [1.54, 1.807) is 35.0 Å². The summed E-state index contributed by atoms with van der Waals surface area (Å²) in [4.78, 5) is 30.0. The number of hydrogen-bond acceptors (Lipinski definition) is 5. The molecular formula is C14H17N3O3S. The number of hydrogen-bond donors (Lipinski definition) is 1. The first-order valence-electron chi connectivity index (χ1n) is 6.80. The van der Waals surface area contributed by atoms with Gasteiger partial charge in [-0.25, -0.2) is 4.98 Å². The quantitative estimate of drug-likeness (QED) is 0.916. The molecule has 0 unspecified atom stereocenters. The van der Waals surface area contributed by atoms with E-state index in [4.69, 9.17) is 4.74 Å². The Hall–Kier alpha value is -1.76. The van der Waals surface area contributed by atoms with Crippen molar-refractivity contribution in [3.8, 4) is 5.88 Å². The molecule has 0 aromatic carbocycles. The number of thioether (sulfide) groups is 1. The molecular weight excluding hydrogens is 290 g/mol. The number of carbonyl (C=O) groups excluding carboxylic acids is 2. The van der Waals surface area contributed by atoms with E-state index in [0.29, 0.717) is 23.7 Å². The number of fused-ring (bicyclic) bond motifs is 1. The van der Waals surface area contributed by atoms with Crippen LogP contribution >= 0.6 is 11.8 Å². The third-order valence-corrected chi connectivity index (χ3v) is 5.47. The molecule has 1 aromatic rings. The molecule has 21 heavy (non-hydrogen) atoms. The van der Waals surface area contributed by atoms with Crippen LogP contribution in [-0.2, 0) is 9.59 Å². The number of methoxy groups -OCH3 is 1. The van der Waals surface area contributed by atoms with E-state index in [2.05, 4.69) is 10.3 Å². The number of ether oxygens (including phenoxy) is 1. The summed E-state index contributed by atoms with van der Waals surface area (Å²) >= 11 is 1.68. The van der Waals surface area contributed by atoms with Gasteiger partial charge in [-0.2, -0.15) is 0 Å². The van der Waals surface area contributed by atoms with Crippen LogP contribution in [0.5, 0.6) is 5.88 Å². The van der Waals surface area contributed by atoms with Crippen molar-refractivity contribution in [2.45, 2.75) is 30.7 Å². The zero-order valence-electron chi connectivity index (χ0n) is 12.0. The highest BCUT2D eigenvalue weighted by molar-refractivity contribution is 8.01. The lowest BCUT2D eigenvalue weighted by molar-refractivity contribution is -0.135. The summed E-state index contributed by atoms with van der Waals surface area (Å²) in [6.45, 7) is 2.03. The third kappa shape index (κ3) is 2.46. The van der Waals surface area contributed by atoms with Crippen LogP contribution < -0.4 is 10.1 Å². The molecule has 2 aliphatic heterocycles. The zero-order chi connectivity index (χ0) is 15.0. The van der Waals surface area contributed by atoms with E-state index in [9.17, 15) is 9.59 Å². The van der Waals surface area contributed by atoms with E-state index in [1.165, 1.54) is 7.11 Å². The van der Waals surface area contributed by atoms with Crippen molar-refractivity contribution in [1.82, 2.24) is 9.88 Å². The fourth-order valence-electron chi connectivity index (χ4n) is 2.82. The van der Waals surface area contributed by atoms with Crippen molar-refractivity contribution in [1.29, 1.82) is 0 Å². The lowest BCUT2D eigenvalue weighted by atomic mass is 10.2. The Labute approximate surface area is 127 Å². The van der Waals surface area contributed by atoms with E-state index in [-0.39, 0.29) is 16.7 Å². The average molecular weight is 307 g/mol. The normalized spacial score (nSPS) is 27.6. The molecule has 0 radical (unpaired) electrons. The molecule has 112 valence electrons. The van der Waals surface area contributed by atoms with Gasteiger partial charge in [-0.15, -0.1) is 11.8 Å². The number of pyridine rings is 1. The van der Waals surface area contributed by atoms with Crippen LogP contribution in [0.3, 0.4) is 0 Å². The van der Waals surface area contributed by atoms with E-state index >= 15 is 0 Å². The molecule has 1 aromatic heterocycles. The Kier molecular flexibility index (Phi) is 3.52. The Morgan fingerprint density at radius 2 is 2.38 bits per heavy atom. The van der Waals surface area contributed by atoms with E-state index in [0.717, 1.165) is 6.42 Å². The Morgan fingerprint density at radius 1 is 1.57 bits per heavy atom. The molecule has 2 fully saturated rings. The highest BCUT2D eigenvalue weighted by Crippen LogP contribution is 2.47. The highest BCUT2D eigenvalue weighted by atomic mass is 32.2. The van der Waals surface area contributed by atoms with Gasteiger partial charge < -0.3 is 15.0 Å². The maximum Gasteiger partial charge on any atom is 0.248 e. The molecule has 3 heterocycles. The molecule has 0 aliphatic carbocycles. The zero-order valence-corrected chi connectivity index (χ0v) is 12.8. The molecule has 0 saturated carbocycles. The summed E-state index contributed by atoms with van der Waals surface area (Å²) in [5.41, 5.74) is 0.603. The van der Waals surface area contributed by atoms with Crippen LogP contribution in [-0.4, -0.2) is 45.5 Å². The number of rotatable bonds is 3. The lowest BCUT2D eigenvalue weighted by Crippen LogP contribution is -2.48. The van der Waals surface area contributed by atoms with Crippen molar-refractivity contribution in [3.63, 3.8) is 0 Å². The SMILES string of the molecule is COc1ccc(NC(=O)[C@H]2CS[C@]3(C)CCC(=O)N23)cn1. The molecule has 6 nitrogen and oxygen atoms in total. The minimum atomic E-state index is -0.405. The van der Waals surface area contributed by atoms with Crippen molar-refractivity contribution in [2.75, 3.05) is 18.2 Å². The second kappa shape index (κ2) is 5.22. The third-order valence-electron chi connectivity index (χ3n) is 3.96. The van der Waals surface area contributed by atoms with Gasteiger partial charge in [-0.1, -0.05) is 0 Å². The van der Waals surface area contributed by atoms with Gasteiger partial charge in [-0.3, -0.25) is 9.59 Å². The molecule has 1 N–H and O–H groups in total. The number of amides is 2. The fraction of sp³-hybridized carbons (Fsp3) is 0.500. The monoisotopic (exact) mass is 307 g/mol. The van der Waals surface area contributed by atoms with Crippen LogP contribution in [0, 0.1) is 0 Å². The first kappa shape index (κ1) is 14.2. The minimum absolute atomic E-state index is 0.0653. The van der Waals surface area contributed by atoms with E-state index < -0.39 is 6.04 Å². The Balaban J connectivity index is 1.72. The van der Waals surface area contributed by atoms with Gasteiger partial charge in [0, 0.05) is 18.2 Å². The molecule has 7 heteroatoms. The summed E-state index contributed by atoms with van der Waals surface area (Å²) < 4.78 is 4.98. The van der Waals surface area contributed by atoms with Gasteiger partial charge in [0.05, 0.1) is 23.9 Å². The predicted molar refractivity (Wildman–Crippen MR) is 80.1 cm³/mol. The topological polar surface area (TPSA) is 71.5 Å². The smallest absolute Gasteiger partial charge is 0.248 e. The predicted octanol–water partition coefficient (Wildman–Crippen LogP) is 1.48. The second-order valence-electron chi connectivity index (χ2n) is 5.34. The molecule has 3 rings (SSSR count). The number of carbonyl (C=O) groups is 2. The summed E-state index contributed by atoms with van der Waals surface area (Å²) in [5, 5.41) is 2.82. The Morgan fingerprint density at radius 3 is 3.05 bits per heavy atom. The second-order valence-corrected chi connectivity index (χ2v) is 6.85. The lowest BCUT2D eigenvalue weighted by Gasteiger charge is -2.29. The van der Waals surface area contributed by atoms with Gasteiger partial charge in [0.1, 0.15) is 6.04 Å². The molecule has 2 saturated heterocycles. The number of nitrogens with zero attached hydrogens (tertiary/aromatic N) is 2. The molecule has 2 atom stereocenters. The fourth-order valence-corrected chi connectivity index (χ4v) is 4.25. The van der Waals surface area contributed by atoms with Crippen molar-refractivity contribution < 1.29 is 14.3 Å². The maximum absolute atomic E-state index is 12.4. The van der Waals surface area contributed by atoms with Crippen molar-refractivity contribution >= 4 is 29.3 Å². The van der Waals surface area contributed by atoms with Crippen LogP contribution in [0.4, 0.5) is 5.69 Å².